The quantitative estimate of drug-likeness (QED) is 0.745. The van der Waals surface area contributed by atoms with E-state index in [-0.39, 0.29) is 5.69 Å². The van der Waals surface area contributed by atoms with Gasteiger partial charge in [-0.3, -0.25) is 0 Å². The number of fused-ring (bicyclic) bond motifs is 1. The minimum atomic E-state index is -0.308. The largest absolute Gasteiger partial charge is 0.364 e. The van der Waals surface area contributed by atoms with Gasteiger partial charge in [-0.1, -0.05) is 6.92 Å². The molecule has 0 fully saturated rings. The van der Waals surface area contributed by atoms with Gasteiger partial charge in [-0.15, -0.1) is 5.10 Å². The molecule has 18 heavy (non-hydrogen) atoms. The van der Waals surface area contributed by atoms with Crippen molar-refractivity contribution in [1.82, 2.24) is 25.1 Å². The zero-order chi connectivity index (χ0) is 13.0. The van der Waals surface area contributed by atoms with E-state index in [0.717, 1.165) is 31.9 Å². The maximum atomic E-state index is 11.5. The summed E-state index contributed by atoms with van der Waals surface area (Å²) in [5, 5.41) is 13.7. The number of likely N-dealkylation sites (N-methyl/N-ethyl adjacent to an activating group) is 1. The molecule has 7 nitrogen and oxygen atoms in total. The van der Waals surface area contributed by atoms with Crippen molar-refractivity contribution in [3.05, 3.63) is 22.6 Å². The van der Waals surface area contributed by atoms with E-state index >= 15 is 0 Å². The molecule has 2 aromatic rings. The molecule has 7 heteroatoms. The lowest BCUT2D eigenvalue weighted by Gasteiger charge is -2.22. The molecule has 98 valence electrons. The molecule has 0 amide bonds. The van der Waals surface area contributed by atoms with Gasteiger partial charge in [0.2, 0.25) is 0 Å². The molecule has 0 aliphatic carbocycles. The first-order chi connectivity index (χ1) is 8.76. The summed E-state index contributed by atoms with van der Waals surface area (Å²) in [6.07, 6.45) is 1.03. The molecule has 2 N–H and O–H groups in total. The van der Waals surface area contributed by atoms with Crippen molar-refractivity contribution in [2.75, 3.05) is 31.6 Å². The lowest BCUT2D eigenvalue weighted by Crippen LogP contribution is -2.32. The summed E-state index contributed by atoms with van der Waals surface area (Å²) in [6.45, 7) is 4.76. The van der Waals surface area contributed by atoms with Gasteiger partial charge in [-0.2, -0.15) is 9.61 Å². The maximum absolute atomic E-state index is 11.5. The second-order valence-corrected chi connectivity index (χ2v) is 4.08. The van der Waals surface area contributed by atoms with Gasteiger partial charge >= 0.3 is 5.69 Å². The second kappa shape index (κ2) is 5.63. The van der Waals surface area contributed by atoms with Crippen LogP contribution < -0.4 is 15.9 Å². The first-order valence-electron chi connectivity index (χ1n) is 6.10. The number of H-pyrrole nitrogens is 1. The van der Waals surface area contributed by atoms with Crippen molar-refractivity contribution in [2.45, 2.75) is 13.3 Å². The van der Waals surface area contributed by atoms with Crippen LogP contribution in [0.4, 0.5) is 5.82 Å². The van der Waals surface area contributed by atoms with Crippen LogP contribution in [0.15, 0.2) is 16.9 Å². The normalized spacial score (nSPS) is 11.0. The van der Waals surface area contributed by atoms with E-state index in [1.807, 2.05) is 13.1 Å². The molecule has 0 aromatic carbocycles. The Morgan fingerprint density at radius 3 is 3.00 bits per heavy atom. The Bertz CT molecular complexity index is 560. The lowest BCUT2D eigenvalue weighted by atomic mass is 10.3. The average Bonchev–Trinajstić information content (AvgIpc) is 2.76. The van der Waals surface area contributed by atoms with Crippen molar-refractivity contribution in [3.63, 3.8) is 0 Å². The van der Waals surface area contributed by atoms with Crippen LogP contribution in [0.2, 0.25) is 0 Å². The number of anilines is 1. The van der Waals surface area contributed by atoms with Gasteiger partial charge in [-0.25, -0.2) is 9.89 Å². The van der Waals surface area contributed by atoms with Crippen LogP contribution >= 0.6 is 0 Å². The Labute approximate surface area is 105 Å². The predicted octanol–water partition coefficient (Wildman–Crippen LogP) is -0.147. The number of nitrogens with one attached hydrogen (secondary N) is 2. The molecule has 0 aliphatic heterocycles. The second-order valence-electron chi connectivity index (χ2n) is 4.08. The number of hydrogen-bond acceptors (Lipinski definition) is 5. The van der Waals surface area contributed by atoms with Crippen molar-refractivity contribution >= 4 is 11.5 Å². The van der Waals surface area contributed by atoms with E-state index in [9.17, 15) is 4.79 Å². The number of aromatic nitrogens is 4. The molecule has 0 atom stereocenters. The van der Waals surface area contributed by atoms with E-state index in [2.05, 4.69) is 32.4 Å². The molecular formula is C11H18N6O. The van der Waals surface area contributed by atoms with E-state index < -0.39 is 0 Å². The fourth-order valence-electron chi connectivity index (χ4n) is 1.82. The van der Waals surface area contributed by atoms with Gasteiger partial charge in [0.1, 0.15) is 5.82 Å². The number of aromatic amines is 1. The van der Waals surface area contributed by atoms with Gasteiger partial charge in [-0.05, 0) is 25.6 Å². The van der Waals surface area contributed by atoms with Gasteiger partial charge in [0, 0.05) is 19.6 Å². The van der Waals surface area contributed by atoms with Crippen LogP contribution in [0.1, 0.15) is 13.3 Å². The van der Waals surface area contributed by atoms with Gasteiger partial charge < -0.3 is 10.2 Å². The molecule has 0 radical (unpaired) electrons. The van der Waals surface area contributed by atoms with Gasteiger partial charge in [0.05, 0.1) is 0 Å². The number of hydrogen-bond donors (Lipinski definition) is 2. The lowest BCUT2D eigenvalue weighted by molar-refractivity contribution is 0.691. The zero-order valence-corrected chi connectivity index (χ0v) is 10.7. The van der Waals surface area contributed by atoms with Crippen molar-refractivity contribution in [1.29, 1.82) is 0 Å². The van der Waals surface area contributed by atoms with E-state index in [1.165, 1.54) is 4.52 Å². The van der Waals surface area contributed by atoms with Crippen LogP contribution in [-0.4, -0.2) is 46.5 Å². The van der Waals surface area contributed by atoms with Crippen molar-refractivity contribution < 1.29 is 0 Å². The fraction of sp³-hybridized carbons (Fsp3) is 0.545. The highest BCUT2D eigenvalue weighted by Gasteiger charge is 2.09. The van der Waals surface area contributed by atoms with Crippen LogP contribution in [0.5, 0.6) is 0 Å². The third kappa shape index (κ3) is 2.51. The Balaban J connectivity index is 2.30. The Kier molecular flexibility index (Phi) is 3.93. The minimum Gasteiger partial charge on any atom is -0.354 e. The summed E-state index contributed by atoms with van der Waals surface area (Å²) in [6, 6.07) is 3.68. The summed E-state index contributed by atoms with van der Waals surface area (Å²) < 4.78 is 1.29. The van der Waals surface area contributed by atoms with Gasteiger partial charge in [0.25, 0.3) is 0 Å². The molecule has 0 saturated carbocycles. The highest BCUT2D eigenvalue weighted by atomic mass is 16.2. The average molecular weight is 250 g/mol. The first-order valence-corrected chi connectivity index (χ1v) is 6.10. The molecule has 0 aliphatic rings. The van der Waals surface area contributed by atoms with E-state index in [1.54, 1.807) is 6.07 Å². The molecule has 0 spiro atoms. The summed E-state index contributed by atoms with van der Waals surface area (Å²) in [4.78, 5) is 13.6. The fourth-order valence-corrected chi connectivity index (χ4v) is 1.82. The topological polar surface area (TPSA) is 78.3 Å². The van der Waals surface area contributed by atoms with Gasteiger partial charge in [0.15, 0.2) is 5.65 Å². The van der Waals surface area contributed by atoms with Crippen LogP contribution in [-0.2, 0) is 0 Å². The third-order valence-corrected chi connectivity index (χ3v) is 2.71. The van der Waals surface area contributed by atoms with E-state index in [0.29, 0.717) is 5.65 Å². The molecule has 2 rings (SSSR count). The SMILES string of the molecule is CCCN(CCNC)c1ccc2n[nH]c(=O)n2n1. The summed E-state index contributed by atoms with van der Waals surface area (Å²) in [7, 11) is 1.92. The molecular weight excluding hydrogens is 232 g/mol. The Morgan fingerprint density at radius 2 is 2.28 bits per heavy atom. The minimum absolute atomic E-state index is 0.308. The zero-order valence-electron chi connectivity index (χ0n) is 10.7. The predicted molar refractivity (Wildman–Crippen MR) is 70.0 cm³/mol. The molecule has 0 saturated heterocycles. The smallest absolute Gasteiger partial charge is 0.354 e. The summed E-state index contributed by atoms with van der Waals surface area (Å²) in [5.74, 6) is 0.795. The molecule has 2 heterocycles. The van der Waals surface area contributed by atoms with Crippen LogP contribution in [0.3, 0.4) is 0 Å². The molecule has 0 bridgehead atoms. The highest BCUT2D eigenvalue weighted by Crippen LogP contribution is 2.10. The first kappa shape index (κ1) is 12.6. The monoisotopic (exact) mass is 250 g/mol. The summed E-state index contributed by atoms with van der Waals surface area (Å²) >= 11 is 0. The van der Waals surface area contributed by atoms with E-state index in [4.69, 9.17) is 0 Å². The Hall–Kier alpha value is -1.89. The Morgan fingerprint density at radius 1 is 1.44 bits per heavy atom. The highest BCUT2D eigenvalue weighted by molar-refractivity contribution is 5.44. The molecule has 0 unspecified atom stereocenters. The maximum Gasteiger partial charge on any atom is 0.364 e. The van der Waals surface area contributed by atoms with Crippen LogP contribution in [0, 0.1) is 0 Å². The van der Waals surface area contributed by atoms with Crippen molar-refractivity contribution in [2.24, 2.45) is 0 Å². The number of nitrogens with zero attached hydrogens (tertiary/aromatic N) is 4. The van der Waals surface area contributed by atoms with Crippen LogP contribution in [0.25, 0.3) is 5.65 Å². The standard InChI is InChI=1S/C11H18N6O/c1-3-7-16(8-6-12-2)10-5-4-9-13-14-11(18)17(9)15-10/h4-5,12H,3,6-8H2,1-2H3,(H,14,18). The molecule has 2 aromatic heterocycles. The summed E-state index contributed by atoms with van der Waals surface area (Å²) in [5.41, 5.74) is 0.228. The van der Waals surface area contributed by atoms with Crippen molar-refractivity contribution in [3.8, 4) is 0 Å². The third-order valence-electron chi connectivity index (χ3n) is 2.71. The number of rotatable bonds is 6.